The van der Waals surface area contributed by atoms with Crippen molar-refractivity contribution in [1.82, 2.24) is 4.98 Å². The number of aromatic nitrogens is 1. The molecule has 6 heteroatoms. The van der Waals surface area contributed by atoms with Gasteiger partial charge in [0, 0.05) is 17.8 Å². The van der Waals surface area contributed by atoms with E-state index in [9.17, 15) is 13.2 Å². The third kappa shape index (κ3) is 2.53. The standard InChI is InChI=1S/C13H7F3N2S/c14-7-1-2-12-11(6-7)18-13(19-12)17-10-4-8(15)3-9(16)5-10/h1-6H,(H,17,18). The van der Waals surface area contributed by atoms with Gasteiger partial charge in [-0.2, -0.15) is 0 Å². The van der Waals surface area contributed by atoms with Gasteiger partial charge in [-0.15, -0.1) is 0 Å². The third-order valence-corrected chi connectivity index (χ3v) is 3.42. The highest BCUT2D eigenvalue weighted by molar-refractivity contribution is 7.22. The molecule has 0 saturated carbocycles. The molecule has 0 atom stereocenters. The first-order valence-corrected chi connectivity index (χ1v) is 6.21. The topological polar surface area (TPSA) is 24.9 Å². The van der Waals surface area contributed by atoms with E-state index < -0.39 is 11.6 Å². The summed E-state index contributed by atoms with van der Waals surface area (Å²) in [4.78, 5) is 4.15. The number of rotatable bonds is 2. The van der Waals surface area contributed by atoms with Crippen LogP contribution < -0.4 is 5.32 Å². The maximum atomic E-state index is 13.0. The van der Waals surface area contributed by atoms with Crippen LogP contribution in [0.25, 0.3) is 10.2 Å². The van der Waals surface area contributed by atoms with E-state index in [1.807, 2.05) is 0 Å². The second kappa shape index (κ2) is 4.55. The van der Waals surface area contributed by atoms with Gasteiger partial charge in [0.2, 0.25) is 0 Å². The number of halogens is 3. The first-order valence-electron chi connectivity index (χ1n) is 5.39. The lowest BCUT2D eigenvalue weighted by atomic mass is 10.3. The summed E-state index contributed by atoms with van der Waals surface area (Å²) in [7, 11) is 0. The normalized spacial score (nSPS) is 10.9. The molecule has 0 bridgehead atoms. The lowest BCUT2D eigenvalue weighted by Gasteiger charge is -2.02. The van der Waals surface area contributed by atoms with Gasteiger partial charge in [0.25, 0.3) is 0 Å². The monoisotopic (exact) mass is 280 g/mol. The molecule has 96 valence electrons. The number of anilines is 2. The molecular weight excluding hydrogens is 273 g/mol. The van der Waals surface area contributed by atoms with Crippen molar-refractivity contribution in [3.63, 3.8) is 0 Å². The van der Waals surface area contributed by atoms with Crippen LogP contribution in [0.4, 0.5) is 24.0 Å². The molecule has 0 aliphatic rings. The summed E-state index contributed by atoms with van der Waals surface area (Å²) in [5, 5.41) is 3.25. The number of thiazole rings is 1. The van der Waals surface area contributed by atoms with Gasteiger partial charge in [-0.25, -0.2) is 18.2 Å². The van der Waals surface area contributed by atoms with Gasteiger partial charge in [-0.05, 0) is 24.3 Å². The second-order valence-electron chi connectivity index (χ2n) is 3.91. The van der Waals surface area contributed by atoms with Crippen LogP contribution in [-0.4, -0.2) is 4.98 Å². The molecule has 0 spiro atoms. The second-order valence-corrected chi connectivity index (χ2v) is 4.94. The van der Waals surface area contributed by atoms with Crippen LogP contribution in [0.5, 0.6) is 0 Å². The first kappa shape index (κ1) is 12.0. The molecule has 2 nitrogen and oxygen atoms in total. The Balaban J connectivity index is 1.96. The number of hydrogen-bond donors (Lipinski definition) is 1. The van der Waals surface area contributed by atoms with Crippen molar-refractivity contribution in [1.29, 1.82) is 0 Å². The molecule has 0 amide bonds. The minimum Gasteiger partial charge on any atom is -0.331 e. The average molecular weight is 280 g/mol. The number of hydrogen-bond acceptors (Lipinski definition) is 3. The van der Waals surface area contributed by atoms with Crippen LogP contribution in [0.15, 0.2) is 36.4 Å². The van der Waals surface area contributed by atoms with Crippen molar-refractivity contribution in [3.8, 4) is 0 Å². The quantitative estimate of drug-likeness (QED) is 0.749. The van der Waals surface area contributed by atoms with E-state index in [0.29, 0.717) is 10.6 Å². The first-order chi connectivity index (χ1) is 9.10. The molecule has 0 unspecified atom stereocenters. The van der Waals surface area contributed by atoms with Crippen LogP contribution in [0.1, 0.15) is 0 Å². The smallest absolute Gasteiger partial charge is 0.188 e. The average Bonchev–Trinajstić information content (AvgIpc) is 2.68. The Morgan fingerprint density at radius 2 is 1.63 bits per heavy atom. The lowest BCUT2D eigenvalue weighted by molar-refractivity contribution is 0.584. The van der Waals surface area contributed by atoms with E-state index in [0.717, 1.165) is 22.9 Å². The largest absolute Gasteiger partial charge is 0.331 e. The zero-order valence-corrected chi connectivity index (χ0v) is 10.3. The van der Waals surface area contributed by atoms with Gasteiger partial charge in [0.1, 0.15) is 17.5 Å². The Morgan fingerprint density at radius 1 is 0.895 bits per heavy atom. The van der Waals surface area contributed by atoms with Crippen LogP contribution in [0.3, 0.4) is 0 Å². The van der Waals surface area contributed by atoms with E-state index in [-0.39, 0.29) is 11.5 Å². The van der Waals surface area contributed by atoms with Crippen LogP contribution >= 0.6 is 11.3 Å². The van der Waals surface area contributed by atoms with Crippen molar-refractivity contribution in [2.24, 2.45) is 0 Å². The van der Waals surface area contributed by atoms with Gasteiger partial charge >= 0.3 is 0 Å². The van der Waals surface area contributed by atoms with Gasteiger partial charge in [-0.3, -0.25) is 0 Å². The fraction of sp³-hybridized carbons (Fsp3) is 0. The molecule has 1 N–H and O–H groups in total. The summed E-state index contributed by atoms with van der Waals surface area (Å²) in [6.07, 6.45) is 0. The van der Waals surface area contributed by atoms with Crippen molar-refractivity contribution < 1.29 is 13.2 Å². The van der Waals surface area contributed by atoms with Gasteiger partial charge in [0.05, 0.1) is 10.2 Å². The summed E-state index contributed by atoms with van der Waals surface area (Å²) in [5.41, 5.74) is 0.765. The molecule has 3 rings (SSSR count). The van der Waals surface area contributed by atoms with E-state index in [1.54, 1.807) is 6.07 Å². The Kier molecular flexibility index (Phi) is 2.87. The molecule has 19 heavy (non-hydrogen) atoms. The number of benzene rings is 2. The fourth-order valence-corrected chi connectivity index (χ4v) is 2.57. The van der Waals surface area contributed by atoms with Gasteiger partial charge in [-0.1, -0.05) is 11.3 Å². The summed E-state index contributed by atoms with van der Waals surface area (Å²) < 4.78 is 39.9. The molecular formula is C13H7F3N2S. The highest BCUT2D eigenvalue weighted by atomic mass is 32.1. The van der Waals surface area contributed by atoms with Gasteiger partial charge in [0.15, 0.2) is 5.13 Å². The van der Waals surface area contributed by atoms with Crippen LogP contribution in [0.2, 0.25) is 0 Å². The van der Waals surface area contributed by atoms with Crippen molar-refractivity contribution in [2.75, 3.05) is 5.32 Å². The van der Waals surface area contributed by atoms with Crippen LogP contribution in [0, 0.1) is 17.5 Å². The Hall–Kier alpha value is -2.08. The molecule has 1 heterocycles. The highest BCUT2D eigenvalue weighted by Gasteiger charge is 2.06. The SMILES string of the molecule is Fc1cc(F)cc(Nc2nc3cc(F)ccc3s2)c1. The van der Waals surface area contributed by atoms with Crippen molar-refractivity contribution >= 4 is 32.4 Å². The predicted molar refractivity (Wildman–Crippen MR) is 69.2 cm³/mol. The molecule has 0 fully saturated rings. The molecule has 3 aromatic rings. The summed E-state index contributed by atoms with van der Waals surface area (Å²) >= 11 is 1.28. The number of nitrogens with one attached hydrogen (secondary N) is 1. The Morgan fingerprint density at radius 3 is 2.37 bits per heavy atom. The molecule has 0 saturated heterocycles. The lowest BCUT2D eigenvalue weighted by Crippen LogP contribution is -1.91. The fourth-order valence-electron chi connectivity index (χ4n) is 1.70. The Labute approximate surface area is 110 Å². The Bertz CT molecular complexity index is 734. The molecule has 0 aliphatic heterocycles. The minimum absolute atomic E-state index is 0.261. The number of fused-ring (bicyclic) bond motifs is 1. The van der Waals surface area contributed by atoms with E-state index in [4.69, 9.17) is 0 Å². The van der Waals surface area contributed by atoms with Gasteiger partial charge < -0.3 is 5.32 Å². The third-order valence-electron chi connectivity index (χ3n) is 2.46. The summed E-state index contributed by atoms with van der Waals surface area (Å²) in [5.74, 6) is -1.72. The summed E-state index contributed by atoms with van der Waals surface area (Å²) in [6.45, 7) is 0. The zero-order chi connectivity index (χ0) is 13.4. The molecule has 1 aromatic heterocycles. The zero-order valence-electron chi connectivity index (χ0n) is 9.45. The van der Waals surface area contributed by atoms with Crippen LogP contribution in [-0.2, 0) is 0 Å². The maximum Gasteiger partial charge on any atom is 0.188 e. The van der Waals surface area contributed by atoms with E-state index in [1.165, 1.54) is 23.5 Å². The molecule has 0 aliphatic carbocycles. The maximum absolute atomic E-state index is 13.0. The van der Waals surface area contributed by atoms with Crippen molar-refractivity contribution in [2.45, 2.75) is 0 Å². The predicted octanol–water partition coefficient (Wildman–Crippen LogP) is 4.46. The number of nitrogens with zero attached hydrogens (tertiary/aromatic N) is 1. The summed E-state index contributed by atoms with van der Waals surface area (Å²) in [6, 6.07) is 7.37. The van der Waals surface area contributed by atoms with Crippen molar-refractivity contribution in [3.05, 3.63) is 53.8 Å². The molecule has 0 radical (unpaired) electrons. The minimum atomic E-state index is -0.672. The van der Waals surface area contributed by atoms with E-state index >= 15 is 0 Å². The molecule has 2 aromatic carbocycles. The highest BCUT2D eigenvalue weighted by Crippen LogP contribution is 2.29. The van der Waals surface area contributed by atoms with E-state index in [2.05, 4.69) is 10.3 Å².